The van der Waals surface area contributed by atoms with E-state index < -0.39 is 11.8 Å². The van der Waals surface area contributed by atoms with Crippen molar-refractivity contribution in [3.05, 3.63) is 35.9 Å². The average Bonchev–Trinajstić information content (AvgIpc) is 2.84. The second-order valence-corrected chi connectivity index (χ2v) is 7.14. The second-order valence-electron chi connectivity index (χ2n) is 6.04. The van der Waals surface area contributed by atoms with E-state index in [-0.39, 0.29) is 16.7 Å². The zero-order valence-corrected chi connectivity index (χ0v) is 14.3. The molecular weight excluding hydrogens is 350 g/mol. The number of nitrogens with zero attached hydrogens (tertiary/aromatic N) is 1. The maximum Gasteiger partial charge on any atom is 0.171 e. The van der Waals surface area contributed by atoms with Crippen molar-refractivity contribution in [2.75, 3.05) is 13.2 Å². The van der Waals surface area contributed by atoms with E-state index in [1.54, 1.807) is 5.06 Å². The van der Waals surface area contributed by atoms with Crippen molar-refractivity contribution in [2.24, 2.45) is 0 Å². The number of Topliss-reactive ketones (excluding diaryl/α,β-unsaturated/α-hetero) is 1. The van der Waals surface area contributed by atoms with E-state index in [9.17, 15) is 4.79 Å². The summed E-state index contributed by atoms with van der Waals surface area (Å²) in [7, 11) is 0. The lowest BCUT2D eigenvalue weighted by Gasteiger charge is -2.38. The van der Waals surface area contributed by atoms with Crippen LogP contribution in [0.5, 0.6) is 0 Å². The molecule has 3 rings (SSSR count). The molecule has 0 N–H and O–H groups in total. The molecule has 2 saturated heterocycles. The molecule has 6 heteroatoms. The van der Waals surface area contributed by atoms with E-state index in [0.29, 0.717) is 19.8 Å². The number of ether oxygens (including phenoxy) is 2. The van der Waals surface area contributed by atoms with E-state index >= 15 is 0 Å². The first-order valence-electron chi connectivity index (χ1n) is 7.39. The minimum absolute atomic E-state index is 0.0773. The van der Waals surface area contributed by atoms with Crippen LogP contribution in [-0.4, -0.2) is 46.8 Å². The number of carbonyl (C=O) groups is 1. The van der Waals surface area contributed by atoms with Gasteiger partial charge in [0.15, 0.2) is 11.6 Å². The van der Waals surface area contributed by atoms with Crippen molar-refractivity contribution in [1.82, 2.24) is 5.06 Å². The van der Waals surface area contributed by atoms with Gasteiger partial charge in [-0.25, -0.2) is 0 Å². The summed E-state index contributed by atoms with van der Waals surface area (Å²) in [4.78, 5) is 18.1. The summed E-state index contributed by atoms with van der Waals surface area (Å²) in [6.45, 7) is 4.97. The van der Waals surface area contributed by atoms with Gasteiger partial charge in [-0.3, -0.25) is 9.63 Å². The molecule has 0 aromatic heterocycles. The van der Waals surface area contributed by atoms with E-state index in [2.05, 4.69) is 15.9 Å². The molecule has 0 bridgehead atoms. The molecule has 2 heterocycles. The Morgan fingerprint density at radius 3 is 2.64 bits per heavy atom. The van der Waals surface area contributed by atoms with Gasteiger partial charge in [0.2, 0.25) is 0 Å². The molecule has 0 spiro atoms. The Morgan fingerprint density at radius 1 is 1.27 bits per heavy atom. The number of hydrogen-bond acceptors (Lipinski definition) is 5. The predicted octanol–water partition coefficient (Wildman–Crippen LogP) is 2.29. The minimum Gasteiger partial charge on any atom is -0.348 e. The average molecular weight is 370 g/mol. The molecule has 0 amide bonds. The third kappa shape index (κ3) is 3.41. The van der Waals surface area contributed by atoms with Gasteiger partial charge in [0.25, 0.3) is 0 Å². The lowest BCUT2D eigenvalue weighted by Crippen LogP contribution is -2.57. The Morgan fingerprint density at radius 2 is 2.00 bits per heavy atom. The highest BCUT2D eigenvalue weighted by Gasteiger charge is 2.47. The summed E-state index contributed by atoms with van der Waals surface area (Å²) < 4.78 is 11.5. The Kier molecular flexibility index (Phi) is 4.66. The number of rotatable bonds is 3. The van der Waals surface area contributed by atoms with Crippen LogP contribution < -0.4 is 0 Å². The molecule has 1 aromatic rings. The largest absolute Gasteiger partial charge is 0.348 e. The van der Waals surface area contributed by atoms with Crippen LogP contribution >= 0.6 is 15.9 Å². The molecule has 5 nitrogen and oxygen atoms in total. The summed E-state index contributed by atoms with van der Waals surface area (Å²) in [5, 5.41) is 1.73. The van der Waals surface area contributed by atoms with Crippen LogP contribution in [0.25, 0.3) is 0 Å². The molecule has 0 radical (unpaired) electrons. The fraction of sp³-hybridized carbons (Fsp3) is 0.562. The zero-order chi connectivity index (χ0) is 15.7. The van der Waals surface area contributed by atoms with Crippen LogP contribution in [0.2, 0.25) is 0 Å². The maximum atomic E-state index is 12.6. The monoisotopic (exact) mass is 369 g/mol. The van der Waals surface area contributed by atoms with Gasteiger partial charge in [0, 0.05) is 0 Å². The van der Waals surface area contributed by atoms with Crippen LogP contribution in [-0.2, 0) is 25.7 Å². The summed E-state index contributed by atoms with van der Waals surface area (Å²) in [5.41, 5.74) is 1.09. The maximum absolute atomic E-state index is 12.6. The van der Waals surface area contributed by atoms with Crippen molar-refractivity contribution >= 4 is 21.7 Å². The van der Waals surface area contributed by atoms with E-state index in [1.165, 1.54) is 0 Å². The van der Waals surface area contributed by atoms with Gasteiger partial charge >= 0.3 is 0 Å². The van der Waals surface area contributed by atoms with Gasteiger partial charge in [-0.1, -0.05) is 46.3 Å². The van der Waals surface area contributed by atoms with Crippen molar-refractivity contribution in [1.29, 1.82) is 0 Å². The lowest BCUT2D eigenvalue weighted by atomic mass is 10.0. The second kappa shape index (κ2) is 6.37. The van der Waals surface area contributed by atoms with Crippen molar-refractivity contribution < 1.29 is 19.1 Å². The highest BCUT2D eigenvalue weighted by atomic mass is 79.9. The Bertz CT molecular complexity index is 536. The van der Waals surface area contributed by atoms with E-state index in [4.69, 9.17) is 14.3 Å². The molecule has 120 valence electrons. The first kappa shape index (κ1) is 16.1. The normalized spacial score (nSPS) is 32.3. The predicted molar refractivity (Wildman–Crippen MR) is 84.4 cm³/mol. The number of ketones is 1. The van der Waals surface area contributed by atoms with Gasteiger partial charge in [-0.2, -0.15) is 5.06 Å². The lowest BCUT2D eigenvalue weighted by molar-refractivity contribution is -0.234. The zero-order valence-electron chi connectivity index (χ0n) is 12.7. The Labute approximate surface area is 138 Å². The minimum atomic E-state index is -0.664. The van der Waals surface area contributed by atoms with Crippen molar-refractivity contribution in [3.63, 3.8) is 0 Å². The standard InChI is InChI=1S/C16H20BrNO4/c1-16(2)20-10-13(22-16)14-15(19)12(17)9-21-18(14)8-11-6-4-3-5-7-11/h3-7,12-14H,8-10H2,1-2H3/t12?,13-,14+/m1/s1. The summed E-state index contributed by atoms with van der Waals surface area (Å²) in [6, 6.07) is 9.47. The summed E-state index contributed by atoms with van der Waals surface area (Å²) in [6.07, 6.45) is -0.327. The quantitative estimate of drug-likeness (QED) is 0.765. The first-order valence-corrected chi connectivity index (χ1v) is 8.31. The molecule has 22 heavy (non-hydrogen) atoms. The molecule has 0 aliphatic carbocycles. The summed E-state index contributed by atoms with van der Waals surface area (Å²) >= 11 is 3.39. The smallest absolute Gasteiger partial charge is 0.171 e. The van der Waals surface area contributed by atoms with Crippen LogP contribution in [0.3, 0.4) is 0 Å². The number of benzene rings is 1. The highest BCUT2D eigenvalue weighted by molar-refractivity contribution is 9.10. The van der Waals surface area contributed by atoms with Crippen molar-refractivity contribution in [3.8, 4) is 0 Å². The number of carbonyl (C=O) groups excluding carboxylic acids is 1. The first-order chi connectivity index (χ1) is 10.5. The fourth-order valence-electron chi connectivity index (χ4n) is 2.80. The van der Waals surface area contributed by atoms with Crippen LogP contribution in [0.4, 0.5) is 0 Å². The van der Waals surface area contributed by atoms with Crippen LogP contribution in [0.15, 0.2) is 30.3 Å². The van der Waals surface area contributed by atoms with Gasteiger partial charge < -0.3 is 9.47 Å². The highest BCUT2D eigenvalue weighted by Crippen LogP contribution is 2.30. The summed E-state index contributed by atoms with van der Waals surface area (Å²) in [5.74, 6) is -0.587. The molecule has 3 atom stereocenters. The topological polar surface area (TPSA) is 48.0 Å². The molecule has 1 aromatic carbocycles. The molecule has 0 saturated carbocycles. The SMILES string of the molecule is CC1(C)OC[C@H]([C@H]2C(=O)C(Br)CON2Cc2ccccc2)O1. The van der Waals surface area contributed by atoms with Gasteiger partial charge in [-0.15, -0.1) is 0 Å². The third-order valence-electron chi connectivity index (χ3n) is 3.86. The van der Waals surface area contributed by atoms with E-state index in [0.717, 1.165) is 5.56 Å². The van der Waals surface area contributed by atoms with Gasteiger partial charge in [0.1, 0.15) is 17.0 Å². The molecule has 2 aliphatic rings. The van der Waals surface area contributed by atoms with Crippen molar-refractivity contribution in [2.45, 2.75) is 43.2 Å². The van der Waals surface area contributed by atoms with Crippen LogP contribution in [0.1, 0.15) is 19.4 Å². The number of halogens is 1. The third-order valence-corrected chi connectivity index (χ3v) is 4.58. The molecule has 2 aliphatic heterocycles. The van der Waals surface area contributed by atoms with Gasteiger partial charge in [0.05, 0.1) is 19.8 Å². The fourth-order valence-corrected chi connectivity index (χ4v) is 3.19. The Hall–Kier alpha value is -0.790. The molecule has 1 unspecified atom stereocenters. The molecular formula is C16H20BrNO4. The molecule has 2 fully saturated rings. The van der Waals surface area contributed by atoms with Crippen LogP contribution in [0, 0.1) is 0 Å². The number of hydroxylamine groups is 2. The van der Waals surface area contributed by atoms with Gasteiger partial charge in [-0.05, 0) is 19.4 Å². The number of alkyl halides is 1. The number of hydrogen-bond donors (Lipinski definition) is 0. The Balaban J connectivity index is 1.79. The van der Waals surface area contributed by atoms with E-state index in [1.807, 2.05) is 44.2 Å².